The Bertz CT molecular complexity index is 401. The van der Waals surface area contributed by atoms with Crippen LogP contribution in [0.5, 0.6) is 5.75 Å². The molecule has 18 heavy (non-hydrogen) atoms. The SMILES string of the molecule is NC(=NCCOc1ccc(I)cc1)NC1CCC1. The highest BCUT2D eigenvalue weighted by Crippen LogP contribution is 2.17. The monoisotopic (exact) mass is 359 g/mol. The van der Waals surface area contributed by atoms with Crippen molar-refractivity contribution in [1.82, 2.24) is 5.32 Å². The predicted molar refractivity (Wildman–Crippen MR) is 81.9 cm³/mol. The van der Waals surface area contributed by atoms with Gasteiger partial charge in [0.15, 0.2) is 5.96 Å². The summed E-state index contributed by atoms with van der Waals surface area (Å²) in [4.78, 5) is 4.24. The smallest absolute Gasteiger partial charge is 0.188 e. The van der Waals surface area contributed by atoms with Crippen molar-refractivity contribution in [2.24, 2.45) is 10.7 Å². The molecule has 0 unspecified atom stereocenters. The highest BCUT2D eigenvalue weighted by Gasteiger charge is 2.16. The first-order valence-electron chi connectivity index (χ1n) is 6.19. The van der Waals surface area contributed by atoms with Crippen LogP contribution in [-0.4, -0.2) is 25.2 Å². The number of aliphatic imine (C=N–C) groups is 1. The van der Waals surface area contributed by atoms with Crippen LogP contribution in [0, 0.1) is 3.57 Å². The lowest BCUT2D eigenvalue weighted by atomic mass is 9.93. The van der Waals surface area contributed by atoms with Crippen LogP contribution in [0.15, 0.2) is 29.3 Å². The molecule has 1 aliphatic rings. The Kier molecular flexibility index (Phi) is 5.10. The van der Waals surface area contributed by atoms with Crippen molar-refractivity contribution in [3.05, 3.63) is 27.8 Å². The number of benzene rings is 1. The minimum Gasteiger partial charge on any atom is -0.492 e. The highest BCUT2D eigenvalue weighted by molar-refractivity contribution is 14.1. The molecule has 4 nitrogen and oxygen atoms in total. The van der Waals surface area contributed by atoms with Crippen LogP contribution in [0.4, 0.5) is 0 Å². The van der Waals surface area contributed by atoms with Crippen molar-refractivity contribution in [3.8, 4) is 5.75 Å². The van der Waals surface area contributed by atoms with E-state index in [4.69, 9.17) is 10.5 Å². The molecule has 0 heterocycles. The lowest BCUT2D eigenvalue weighted by molar-refractivity contribution is 0.328. The van der Waals surface area contributed by atoms with E-state index in [0.717, 1.165) is 5.75 Å². The summed E-state index contributed by atoms with van der Waals surface area (Å²) < 4.78 is 6.76. The van der Waals surface area contributed by atoms with Crippen molar-refractivity contribution in [3.63, 3.8) is 0 Å². The number of nitrogens with one attached hydrogen (secondary N) is 1. The Morgan fingerprint density at radius 2 is 2.11 bits per heavy atom. The number of nitrogens with zero attached hydrogens (tertiary/aromatic N) is 1. The van der Waals surface area contributed by atoms with Crippen molar-refractivity contribution in [1.29, 1.82) is 0 Å². The van der Waals surface area contributed by atoms with Crippen molar-refractivity contribution in [2.75, 3.05) is 13.2 Å². The summed E-state index contributed by atoms with van der Waals surface area (Å²) in [7, 11) is 0. The Hall–Kier alpha value is -0.980. The Balaban J connectivity index is 1.65. The van der Waals surface area contributed by atoms with E-state index in [1.807, 2.05) is 24.3 Å². The van der Waals surface area contributed by atoms with E-state index < -0.39 is 0 Å². The molecular weight excluding hydrogens is 341 g/mol. The molecule has 1 saturated carbocycles. The third-order valence-electron chi connectivity index (χ3n) is 2.91. The molecule has 98 valence electrons. The first-order chi connectivity index (χ1) is 8.74. The molecular formula is C13H18IN3O. The lowest BCUT2D eigenvalue weighted by Gasteiger charge is -2.26. The van der Waals surface area contributed by atoms with Gasteiger partial charge in [-0.05, 0) is 66.1 Å². The Morgan fingerprint density at radius 3 is 2.72 bits per heavy atom. The van der Waals surface area contributed by atoms with Gasteiger partial charge in [0.25, 0.3) is 0 Å². The molecule has 1 aliphatic carbocycles. The zero-order chi connectivity index (χ0) is 12.8. The fourth-order valence-corrected chi connectivity index (χ4v) is 2.03. The minimum absolute atomic E-state index is 0.533. The summed E-state index contributed by atoms with van der Waals surface area (Å²) >= 11 is 2.27. The first kappa shape index (κ1) is 13.5. The van der Waals surface area contributed by atoms with Crippen LogP contribution < -0.4 is 15.8 Å². The van der Waals surface area contributed by atoms with Crippen LogP contribution in [-0.2, 0) is 0 Å². The summed E-state index contributed by atoms with van der Waals surface area (Å²) in [6.45, 7) is 1.13. The summed E-state index contributed by atoms with van der Waals surface area (Å²) in [5, 5.41) is 3.19. The third-order valence-corrected chi connectivity index (χ3v) is 3.63. The Morgan fingerprint density at radius 1 is 1.39 bits per heavy atom. The zero-order valence-electron chi connectivity index (χ0n) is 10.2. The fraction of sp³-hybridized carbons (Fsp3) is 0.462. The van der Waals surface area contributed by atoms with E-state index in [-0.39, 0.29) is 0 Å². The lowest BCUT2D eigenvalue weighted by Crippen LogP contribution is -2.43. The molecule has 2 rings (SSSR count). The van der Waals surface area contributed by atoms with Gasteiger partial charge in [0.05, 0.1) is 6.54 Å². The maximum Gasteiger partial charge on any atom is 0.188 e. The molecule has 1 aromatic carbocycles. The molecule has 0 atom stereocenters. The van der Waals surface area contributed by atoms with Gasteiger partial charge in [-0.3, -0.25) is 0 Å². The average molecular weight is 359 g/mol. The minimum atomic E-state index is 0.533. The van der Waals surface area contributed by atoms with Gasteiger partial charge in [-0.2, -0.15) is 0 Å². The molecule has 3 N–H and O–H groups in total. The maximum absolute atomic E-state index is 5.77. The van der Waals surface area contributed by atoms with Crippen LogP contribution in [0.2, 0.25) is 0 Å². The second-order valence-electron chi connectivity index (χ2n) is 4.34. The van der Waals surface area contributed by atoms with E-state index in [1.54, 1.807) is 0 Å². The molecule has 1 fully saturated rings. The molecule has 1 aromatic rings. The predicted octanol–water partition coefficient (Wildman–Crippen LogP) is 2.13. The molecule has 0 amide bonds. The fourth-order valence-electron chi connectivity index (χ4n) is 1.67. The second-order valence-corrected chi connectivity index (χ2v) is 5.59. The van der Waals surface area contributed by atoms with Crippen LogP contribution in [0.25, 0.3) is 0 Å². The average Bonchev–Trinajstić information content (AvgIpc) is 2.32. The molecule has 5 heteroatoms. The number of guanidine groups is 1. The normalized spacial score (nSPS) is 16.2. The third kappa shape index (κ3) is 4.36. The summed E-state index contributed by atoms with van der Waals surface area (Å²) in [5.41, 5.74) is 5.77. The molecule has 0 aromatic heterocycles. The van der Waals surface area contributed by atoms with Gasteiger partial charge >= 0.3 is 0 Å². The topological polar surface area (TPSA) is 59.6 Å². The highest BCUT2D eigenvalue weighted by atomic mass is 127. The number of hydrogen-bond donors (Lipinski definition) is 2. The van der Waals surface area contributed by atoms with E-state index in [2.05, 4.69) is 32.9 Å². The number of rotatable bonds is 5. The van der Waals surface area contributed by atoms with Gasteiger partial charge in [-0.25, -0.2) is 4.99 Å². The summed E-state index contributed by atoms with van der Waals surface area (Å²) in [6, 6.07) is 8.49. The van der Waals surface area contributed by atoms with Gasteiger partial charge in [0.2, 0.25) is 0 Å². The molecule has 0 spiro atoms. The maximum atomic E-state index is 5.77. The van der Waals surface area contributed by atoms with Crippen LogP contribution >= 0.6 is 22.6 Å². The molecule has 0 radical (unpaired) electrons. The van der Waals surface area contributed by atoms with Gasteiger partial charge in [0.1, 0.15) is 12.4 Å². The second kappa shape index (κ2) is 6.82. The van der Waals surface area contributed by atoms with Crippen LogP contribution in [0.1, 0.15) is 19.3 Å². The van der Waals surface area contributed by atoms with Gasteiger partial charge in [-0.15, -0.1) is 0 Å². The quantitative estimate of drug-likeness (QED) is 0.367. The number of hydrogen-bond acceptors (Lipinski definition) is 2. The van der Waals surface area contributed by atoms with Crippen molar-refractivity contribution >= 4 is 28.6 Å². The van der Waals surface area contributed by atoms with E-state index in [1.165, 1.54) is 22.8 Å². The largest absolute Gasteiger partial charge is 0.492 e. The van der Waals surface area contributed by atoms with E-state index >= 15 is 0 Å². The van der Waals surface area contributed by atoms with Gasteiger partial charge in [0, 0.05) is 9.61 Å². The standard InChI is InChI=1S/C13H18IN3O/c14-10-4-6-12(7-5-10)18-9-8-16-13(15)17-11-2-1-3-11/h4-7,11H,1-3,8-9H2,(H3,15,16,17). The summed E-state index contributed by atoms with van der Waals surface area (Å²) in [6.07, 6.45) is 3.70. The van der Waals surface area contributed by atoms with Crippen molar-refractivity contribution in [2.45, 2.75) is 25.3 Å². The molecule has 0 saturated heterocycles. The summed E-state index contributed by atoms with van der Waals surface area (Å²) in [5.74, 6) is 1.40. The van der Waals surface area contributed by atoms with E-state index in [9.17, 15) is 0 Å². The Labute approximate surface area is 121 Å². The molecule has 0 aliphatic heterocycles. The van der Waals surface area contributed by atoms with Gasteiger partial charge in [-0.1, -0.05) is 0 Å². The van der Waals surface area contributed by atoms with E-state index in [0.29, 0.717) is 25.2 Å². The zero-order valence-corrected chi connectivity index (χ0v) is 12.4. The number of ether oxygens (including phenoxy) is 1. The van der Waals surface area contributed by atoms with Gasteiger partial charge < -0.3 is 15.8 Å². The number of nitrogens with two attached hydrogens (primary N) is 1. The molecule has 0 bridgehead atoms. The van der Waals surface area contributed by atoms with Crippen molar-refractivity contribution < 1.29 is 4.74 Å². The first-order valence-corrected chi connectivity index (χ1v) is 7.27. The number of halogens is 1. The van der Waals surface area contributed by atoms with Crippen LogP contribution in [0.3, 0.4) is 0 Å².